The Kier molecular flexibility index (Phi) is 3.71. The van der Waals surface area contributed by atoms with Gasteiger partial charge in [0.05, 0.1) is 5.02 Å². The monoisotopic (exact) mass is 236 g/mol. The molecular formula is C6H5ClN2O2S2. The van der Waals surface area contributed by atoms with Gasteiger partial charge >= 0.3 is 6.09 Å². The molecule has 1 amide bonds. The van der Waals surface area contributed by atoms with E-state index in [1.165, 1.54) is 12.3 Å². The second-order valence-corrected chi connectivity index (χ2v) is 3.52. The zero-order chi connectivity index (χ0) is 9.84. The molecular weight excluding hydrogens is 232 g/mol. The Morgan fingerprint density at radius 3 is 2.69 bits per heavy atom. The van der Waals surface area contributed by atoms with E-state index in [0.29, 0.717) is 8.73 Å². The zero-order valence-corrected chi connectivity index (χ0v) is 8.76. The third-order valence-corrected chi connectivity index (χ3v) is 1.61. The van der Waals surface area contributed by atoms with Crippen LogP contribution in [0, 0.1) is 0 Å². The fourth-order valence-corrected chi connectivity index (χ4v) is 0.746. The van der Waals surface area contributed by atoms with Crippen LogP contribution in [-0.4, -0.2) is 14.8 Å². The first kappa shape index (κ1) is 10.5. The first-order chi connectivity index (χ1) is 6.09. The molecule has 0 radical (unpaired) electrons. The minimum Gasteiger partial charge on any atom is -0.390 e. The van der Waals surface area contributed by atoms with E-state index < -0.39 is 6.09 Å². The van der Waals surface area contributed by atoms with E-state index in [0.717, 1.165) is 0 Å². The van der Waals surface area contributed by atoms with E-state index in [4.69, 9.17) is 16.3 Å². The van der Waals surface area contributed by atoms with E-state index in [9.17, 15) is 4.79 Å². The van der Waals surface area contributed by atoms with Crippen LogP contribution in [0.2, 0.25) is 5.02 Å². The average Bonchev–Trinajstić information content (AvgIpc) is 2.08. The molecule has 0 saturated carbocycles. The number of halogens is 1. The quantitative estimate of drug-likeness (QED) is 0.735. The Hall–Kier alpha value is -0.590. The highest BCUT2D eigenvalue weighted by molar-refractivity contribution is 7.94. The van der Waals surface area contributed by atoms with Crippen LogP contribution in [0.5, 0.6) is 5.88 Å². The summed E-state index contributed by atoms with van der Waals surface area (Å²) in [5.41, 5.74) is 0. The molecule has 1 rings (SSSR count). The topological polar surface area (TPSA) is 42.4 Å². The lowest BCUT2D eigenvalue weighted by Crippen LogP contribution is -2.16. The second-order valence-electron chi connectivity index (χ2n) is 1.97. The van der Waals surface area contributed by atoms with Gasteiger partial charge in [0.2, 0.25) is 5.88 Å². The predicted molar refractivity (Wildman–Crippen MR) is 55.1 cm³/mol. The van der Waals surface area contributed by atoms with Crippen LogP contribution in [-0.2, 0) is 0 Å². The van der Waals surface area contributed by atoms with Crippen molar-refractivity contribution in [3.63, 3.8) is 0 Å². The van der Waals surface area contributed by atoms with E-state index in [1.807, 2.05) is 0 Å². The van der Waals surface area contributed by atoms with Crippen LogP contribution < -0.4 is 4.74 Å². The Bertz CT molecular complexity index is 304. The van der Waals surface area contributed by atoms with Gasteiger partial charge in [0.1, 0.15) is 0 Å². The third kappa shape index (κ3) is 3.33. The molecule has 0 aliphatic rings. The number of aromatic nitrogens is 1. The summed E-state index contributed by atoms with van der Waals surface area (Å²) in [5, 5.41) is 0.466. The number of hydrogen-bond donors (Lipinski definition) is 2. The molecule has 0 aliphatic carbocycles. The van der Waals surface area contributed by atoms with E-state index in [2.05, 4.69) is 30.6 Å². The molecule has 1 aromatic heterocycles. The fourth-order valence-electron chi connectivity index (χ4n) is 0.553. The van der Waals surface area contributed by atoms with Gasteiger partial charge in [-0.15, -0.1) is 0 Å². The summed E-state index contributed by atoms with van der Waals surface area (Å²) in [7, 11) is 0. The number of nitrogens with zero attached hydrogens (tertiary/aromatic N) is 2. The SMILES string of the molecule is O=C(Oc1ccc(Cl)cn1)N(S)S. The zero-order valence-electron chi connectivity index (χ0n) is 6.22. The minimum absolute atomic E-state index is 0.141. The molecule has 1 aromatic rings. The van der Waals surface area contributed by atoms with Crippen molar-refractivity contribution in [2.45, 2.75) is 0 Å². The molecule has 13 heavy (non-hydrogen) atoms. The molecule has 0 bridgehead atoms. The number of ether oxygens (including phenoxy) is 1. The van der Waals surface area contributed by atoms with Crippen LogP contribution in [0.1, 0.15) is 0 Å². The number of amides is 1. The third-order valence-electron chi connectivity index (χ3n) is 1.06. The summed E-state index contributed by atoms with van der Waals surface area (Å²) < 4.78 is 5.40. The van der Waals surface area contributed by atoms with Gasteiger partial charge in [0.25, 0.3) is 0 Å². The number of rotatable bonds is 1. The Morgan fingerprint density at radius 2 is 2.23 bits per heavy atom. The Balaban J connectivity index is 2.65. The number of thiol groups is 2. The number of pyridine rings is 1. The molecule has 0 aromatic carbocycles. The Morgan fingerprint density at radius 1 is 1.54 bits per heavy atom. The first-order valence-corrected chi connectivity index (χ1v) is 4.28. The molecule has 0 aliphatic heterocycles. The summed E-state index contributed by atoms with van der Waals surface area (Å²) in [5.74, 6) is 0.141. The highest BCUT2D eigenvalue weighted by Gasteiger charge is 2.08. The lowest BCUT2D eigenvalue weighted by Gasteiger charge is -2.06. The van der Waals surface area contributed by atoms with Crippen molar-refractivity contribution in [3.05, 3.63) is 23.4 Å². The number of hydrogen-bond acceptors (Lipinski definition) is 5. The summed E-state index contributed by atoms with van der Waals surface area (Å²) in [6.45, 7) is 0. The molecule has 0 saturated heterocycles. The molecule has 0 spiro atoms. The normalized spacial score (nSPS) is 9.46. The lowest BCUT2D eigenvalue weighted by molar-refractivity contribution is 0.195. The first-order valence-electron chi connectivity index (χ1n) is 3.11. The van der Waals surface area contributed by atoms with E-state index >= 15 is 0 Å². The van der Waals surface area contributed by atoms with E-state index in [-0.39, 0.29) is 5.88 Å². The molecule has 0 atom stereocenters. The van der Waals surface area contributed by atoms with Crippen molar-refractivity contribution in [1.29, 1.82) is 0 Å². The molecule has 0 fully saturated rings. The number of carbonyl (C=O) groups excluding carboxylic acids is 1. The van der Waals surface area contributed by atoms with Crippen LogP contribution in [0.4, 0.5) is 4.79 Å². The molecule has 70 valence electrons. The van der Waals surface area contributed by atoms with Crippen LogP contribution >= 0.6 is 37.2 Å². The van der Waals surface area contributed by atoms with Crippen molar-refractivity contribution in [2.24, 2.45) is 0 Å². The van der Waals surface area contributed by atoms with Gasteiger partial charge < -0.3 is 4.74 Å². The Labute approximate surface area is 90.9 Å². The molecule has 0 N–H and O–H groups in total. The van der Waals surface area contributed by atoms with Gasteiger partial charge in [-0.05, 0) is 31.7 Å². The maximum absolute atomic E-state index is 10.9. The second kappa shape index (κ2) is 4.59. The lowest BCUT2D eigenvalue weighted by atomic mass is 10.5. The molecule has 1 heterocycles. The summed E-state index contributed by atoms with van der Waals surface area (Å²) >= 11 is 12.8. The van der Waals surface area contributed by atoms with Gasteiger partial charge in [0.15, 0.2) is 0 Å². The fraction of sp³-hybridized carbons (Fsp3) is 0. The molecule has 4 nitrogen and oxygen atoms in total. The average molecular weight is 237 g/mol. The van der Waals surface area contributed by atoms with Crippen LogP contribution in [0.25, 0.3) is 0 Å². The largest absolute Gasteiger partial charge is 0.436 e. The smallest absolute Gasteiger partial charge is 0.390 e. The van der Waals surface area contributed by atoms with Gasteiger partial charge in [-0.25, -0.2) is 9.78 Å². The number of carbonyl (C=O) groups is 1. The van der Waals surface area contributed by atoms with Crippen molar-refractivity contribution < 1.29 is 9.53 Å². The summed E-state index contributed by atoms with van der Waals surface area (Å²) in [4.78, 5) is 14.6. The van der Waals surface area contributed by atoms with Crippen molar-refractivity contribution in [3.8, 4) is 5.88 Å². The highest BCUT2D eigenvalue weighted by Crippen LogP contribution is 2.13. The minimum atomic E-state index is -0.735. The van der Waals surface area contributed by atoms with Gasteiger partial charge in [-0.2, -0.15) is 3.71 Å². The highest BCUT2D eigenvalue weighted by atomic mass is 35.5. The summed E-state index contributed by atoms with van der Waals surface area (Å²) in [6.07, 6.45) is 0.632. The standard InChI is InChI=1S/C6H5ClN2O2S2/c7-4-1-2-5(8-3-4)11-6(10)9(12)13/h1-3,12-13H. The van der Waals surface area contributed by atoms with Crippen molar-refractivity contribution in [1.82, 2.24) is 8.69 Å². The van der Waals surface area contributed by atoms with Gasteiger partial charge in [0, 0.05) is 12.3 Å². The van der Waals surface area contributed by atoms with Crippen molar-refractivity contribution >= 4 is 43.3 Å². The van der Waals surface area contributed by atoms with Crippen LogP contribution in [0.15, 0.2) is 18.3 Å². The maximum Gasteiger partial charge on any atom is 0.436 e. The van der Waals surface area contributed by atoms with Crippen LogP contribution in [0.3, 0.4) is 0 Å². The molecule has 0 unspecified atom stereocenters. The summed E-state index contributed by atoms with van der Waals surface area (Å²) in [6, 6.07) is 3.02. The van der Waals surface area contributed by atoms with E-state index in [1.54, 1.807) is 6.07 Å². The van der Waals surface area contributed by atoms with Gasteiger partial charge in [-0.1, -0.05) is 11.6 Å². The predicted octanol–water partition coefficient (Wildman–Crippen LogP) is 2.23. The molecule has 7 heteroatoms. The maximum atomic E-state index is 10.9. The van der Waals surface area contributed by atoms with Crippen molar-refractivity contribution in [2.75, 3.05) is 0 Å². The van der Waals surface area contributed by atoms with Gasteiger partial charge in [-0.3, -0.25) is 0 Å².